The molecule has 1 atom stereocenters. The highest BCUT2D eigenvalue weighted by atomic mass is 35.5. The summed E-state index contributed by atoms with van der Waals surface area (Å²) in [5.41, 5.74) is 6.21. The van der Waals surface area contributed by atoms with Crippen LogP contribution in [-0.4, -0.2) is 19.4 Å². The van der Waals surface area contributed by atoms with Crippen LogP contribution in [0.4, 0.5) is 13.2 Å². The third-order valence-corrected chi connectivity index (χ3v) is 2.16. The maximum Gasteiger partial charge on any atom is 0.573 e. The van der Waals surface area contributed by atoms with Gasteiger partial charge in [-0.3, -0.25) is 4.79 Å². The molecule has 0 fully saturated rings. The minimum Gasteiger partial charge on any atom is -0.469 e. The summed E-state index contributed by atoms with van der Waals surface area (Å²) in [5, 5.41) is 0. The van der Waals surface area contributed by atoms with Crippen LogP contribution >= 0.6 is 12.4 Å². The number of rotatable bonds is 4. The Labute approximate surface area is 114 Å². The van der Waals surface area contributed by atoms with Gasteiger partial charge >= 0.3 is 12.3 Å². The molecule has 1 unspecified atom stereocenters. The molecule has 2 N–H and O–H groups in total. The topological polar surface area (TPSA) is 61.5 Å². The zero-order valence-corrected chi connectivity index (χ0v) is 10.8. The van der Waals surface area contributed by atoms with Gasteiger partial charge in [-0.25, -0.2) is 0 Å². The SMILES string of the molecule is COC(=O)CC(N)c1ccc(OC(F)(F)F)cc1.Cl. The molecule has 0 spiro atoms. The quantitative estimate of drug-likeness (QED) is 0.868. The number of alkyl halides is 3. The lowest BCUT2D eigenvalue weighted by atomic mass is 10.0. The lowest BCUT2D eigenvalue weighted by Gasteiger charge is -2.12. The summed E-state index contributed by atoms with van der Waals surface area (Å²) >= 11 is 0. The Morgan fingerprint density at radius 2 is 1.84 bits per heavy atom. The molecule has 4 nitrogen and oxygen atoms in total. The van der Waals surface area contributed by atoms with Gasteiger partial charge in [0.25, 0.3) is 0 Å². The van der Waals surface area contributed by atoms with E-state index < -0.39 is 18.4 Å². The van der Waals surface area contributed by atoms with Crippen LogP contribution in [0, 0.1) is 0 Å². The van der Waals surface area contributed by atoms with Crippen LogP contribution in [-0.2, 0) is 9.53 Å². The summed E-state index contributed by atoms with van der Waals surface area (Å²) in [6, 6.07) is 4.39. The van der Waals surface area contributed by atoms with Crippen molar-refractivity contribution in [3.05, 3.63) is 29.8 Å². The van der Waals surface area contributed by atoms with Gasteiger partial charge in [0.15, 0.2) is 0 Å². The molecule has 1 aromatic carbocycles. The van der Waals surface area contributed by atoms with Gasteiger partial charge in [0.2, 0.25) is 0 Å². The number of carbonyl (C=O) groups is 1. The summed E-state index contributed by atoms with van der Waals surface area (Å²) in [4.78, 5) is 11.0. The first kappa shape index (κ1) is 17.5. The fourth-order valence-electron chi connectivity index (χ4n) is 1.30. The number of nitrogens with two attached hydrogens (primary N) is 1. The van der Waals surface area contributed by atoms with Crippen molar-refractivity contribution < 1.29 is 27.4 Å². The number of ether oxygens (including phenoxy) is 2. The third-order valence-electron chi connectivity index (χ3n) is 2.16. The van der Waals surface area contributed by atoms with Gasteiger partial charge in [0.05, 0.1) is 13.5 Å². The molecule has 0 bridgehead atoms. The standard InChI is InChI=1S/C11H12F3NO3.ClH/c1-17-10(16)6-9(15)7-2-4-8(5-3-7)18-11(12,13)14;/h2-5,9H,6,15H2,1H3;1H. The molecule has 19 heavy (non-hydrogen) atoms. The van der Waals surface area contributed by atoms with E-state index in [1.807, 2.05) is 0 Å². The van der Waals surface area contributed by atoms with Gasteiger partial charge < -0.3 is 15.2 Å². The van der Waals surface area contributed by atoms with Crippen LogP contribution in [0.3, 0.4) is 0 Å². The first-order valence-electron chi connectivity index (χ1n) is 5.00. The van der Waals surface area contributed by atoms with Crippen LogP contribution in [0.2, 0.25) is 0 Å². The number of methoxy groups -OCH3 is 1. The molecule has 0 saturated heterocycles. The number of benzene rings is 1. The van der Waals surface area contributed by atoms with Crippen molar-refractivity contribution in [3.63, 3.8) is 0 Å². The Hall–Kier alpha value is -1.47. The lowest BCUT2D eigenvalue weighted by molar-refractivity contribution is -0.274. The molecule has 1 aromatic rings. The molecule has 0 heterocycles. The number of carbonyl (C=O) groups excluding carboxylic acids is 1. The summed E-state index contributed by atoms with van der Waals surface area (Å²) in [7, 11) is 1.23. The van der Waals surface area contributed by atoms with Gasteiger partial charge in [-0.15, -0.1) is 25.6 Å². The Bertz CT molecular complexity index is 409. The van der Waals surface area contributed by atoms with Crippen molar-refractivity contribution in [1.29, 1.82) is 0 Å². The first-order chi connectivity index (χ1) is 8.31. The zero-order valence-electron chi connectivity index (χ0n) is 9.94. The molecule has 0 aliphatic carbocycles. The van der Waals surface area contributed by atoms with E-state index in [4.69, 9.17) is 5.73 Å². The fourth-order valence-corrected chi connectivity index (χ4v) is 1.30. The second-order valence-electron chi connectivity index (χ2n) is 3.50. The lowest BCUT2D eigenvalue weighted by Crippen LogP contribution is -2.18. The van der Waals surface area contributed by atoms with Crippen molar-refractivity contribution >= 4 is 18.4 Å². The molecule has 108 valence electrons. The molecule has 0 radical (unpaired) electrons. The van der Waals surface area contributed by atoms with Crippen LogP contribution in [0.5, 0.6) is 5.75 Å². The Kier molecular flexibility index (Phi) is 6.64. The molecule has 0 aliphatic heterocycles. The molecule has 1 rings (SSSR count). The van der Waals surface area contributed by atoms with Crippen molar-refractivity contribution in [3.8, 4) is 5.75 Å². The van der Waals surface area contributed by atoms with Crippen molar-refractivity contribution in [2.24, 2.45) is 5.73 Å². The Morgan fingerprint density at radius 3 is 2.26 bits per heavy atom. The summed E-state index contributed by atoms with van der Waals surface area (Å²) in [6.07, 6.45) is -4.77. The van der Waals surface area contributed by atoms with Gasteiger partial charge in [0, 0.05) is 6.04 Å². The molecule has 0 amide bonds. The van der Waals surface area contributed by atoms with E-state index in [-0.39, 0.29) is 24.6 Å². The summed E-state index contributed by atoms with van der Waals surface area (Å²) < 4.78 is 43.9. The Morgan fingerprint density at radius 1 is 1.32 bits per heavy atom. The van der Waals surface area contributed by atoms with Crippen molar-refractivity contribution in [2.45, 2.75) is 18.8 Å². The van der Waals surface area contributed by atoms with E-state index in [0.29, 0.717) is 5.56 Å². The van der Waals surface area contributed by atoms with E-state index in [2.05, 4.69) is 9.47 Å². The second kappa shape index (κ2) is 7.20. The maximum atomic E-state index is 11.9. The minimum atomic E-state index is -4.73. The summed E-state index contributed by atoms with van der Waals surface area (Å²) in [5.74, 6) is -0.824. The van der Waals surface area contributed by atoms with E-state index in [1.165, 1.54) is 19.2 Å². The smallest absolute Gasteiger partial charge is 0.469 e. The average Bonchev–Trinajstić information content (AvgIpc) is 2.27. The van der Waals surface area contributed by atoms with Crippen LogP contribution < -0.4 is 10.5 Å². The fraction of sp³-hybridized carbons (Fsp3) is 0.364. The monoisotopic (exact) mass is 299 g/mol. The highest BCUT2D eigenvalue weighted by Gasteiger charge is 2.31. The highest BCUT2D eigenvalue weighted by molar-refractivity contribution is 5.85. The zero-order chi connectivity index (χ0) is 13.8. The maximum absolute atomic E-state index is 11.9. The average molecular weight is 300 g/mol. The number of halogens is 4. The van der Waals surface area contributed by atoms with Gasteiger partial charge in [0.1, 0.15) is 5.75 Å². The third kappa shape index (κ3) is 6.30. The van der Waals surface area contributed by atoms with E-state index in [9.17, 15) is 18.0 Å². The molecule has 0 aromatic heterocycles. The largest absolute Gasteiger partial charge is 0.573 e. The van der Waals surface area contributed by atoms with E-state index in [1.54, 1.807) is 0 Å². The van der Waals surface area contributed by atoms with Gasteiger partial charge in [-0.05, 0) is 17.7 Å². The molecule has 8 heteroatoms. The highest BCUT2D eigenvalue weighted by Crippen LogP contribution is 2.24. The van der Waals surface area contributed by atoms with Crippen molar-refractivity contribution in [1.82, 2.24) is 0 Å². The predicted octanol–water partition coefficient (Wildman–Crippen LogP) is 2.57. The van der Waals surface area contributed by atoms with E-state index in [0.717, 1.165) is 12.1 Å². The normalized spacial score (nSPS) is 12.3. The predicted molar refractivity (Wildman–Crippen MR) is 63.9 cm³/mol. The number of hydrogen-bond donors (Lipinski definition) is 1. The van der Waals surface area contributed by atoms with Gasteiger partial charge in [-0.2, -0.15) is 0 Å². The van der Waals surface area contributed by atoms with E-state index >= 15 is 0 Å². The van der Waals surface area contributed by atoms with Crippen LogP contribution in [0.15, 0.2) is 24.3 Å². The molecular formula is C11H13ClF3NO3. The number of esters is 1. The molecular weight excluding hydrogens is 287 g/mol. The first-order valence-corrected chi connectivity index (χ1v) is 5.00. The van der Waals surface area contributed by atoms with Crippen molar-refractivity contribution in [2.75, 3.05) is 7.11 Å². The summed E-state index contributed by atoms with van der Waals surface area (Å²) in [6.45, 7) is 0. The number of hydrogen-bond acceptors (Lipinski definition) is 4. The molecule has 0 aliphatic rings. The second-order valence-corrected chi connectivity index (χ2v) is 3.50. The molecule has 0 saturated carbocycles. The van der Waals surface area contributed by atoms with Crippen LogP contribution in [0.25, 0.3) is 0 Å². The van der Waals surface area contributed by atoms with Crippen LogP contribution in [0.1, 0.15) is 18.0 Å². The minimum absolute atomic E-state index is 0. The Balaban J connectivity index is 0.00000324. The van der Waals surface area contributed by atoms with Gasteiger partial charge in [-0.1, -0.05) is 12.1 Å².